The number of rotatable bonds is 10. The minimum absolute atomic E-state index is 0.0929. The molecule has 0 bridgehead atoms. The summed E-state index contributed by atoms with van der Waals surface area (Å²) in [5.41, 5.74) is 1.19. The molecule has 1 rings (SSSR count). The summed E-state index contributed by atoms with van der Waals surface area (Å²) in [4.78, 5) is 0. The first-order valence-electron chi connectivity index (χ1n) is 7.27. The van der Waals surface area contributed by atoms with Crippen LogP contribution in [0, 0.1) is 0 Å². The van der Waals surface area contributed by atoms with E-state index in [1.807, 2.05) is 24.3 Å². The van der Waals surface area contributed by atoms with Crippen molar-refractivity contribution in [1.29, 1.82) is 0 Å². The lowest BCUT2D eigenvalue weighted by molar-refractivity contribution is 0.107. The summed E-state index contributed by atoms with van der Waals surface area (Å²) in [5.74, 6) is 0.978. The second-order valence-electron chi connectivity index (χ2n) is 4.91. The average Bonchev–Trinajstić information content (AvgIpc) is 2.50. The number of aliphatic hydroxyl groups excluding tert-OH is 1. The van der Waals surface area contributed by atoms with Crippen molar-refractivity contribution in [3.05, 3.63) is 29.8 Å². The Bertz CT molecular complexity index is 516. The quantitative estimate of drug-likeness (QED) is 0.630. The van der Waals surface area contributed by atoms with Crippen LogP contribution in [0.2, 0.25) is 0 Å². The van der Waals surface area contributed by atoms with Crippen LogP contribution >= 0.6 is 0 Å². The lowest BCUT2D eigenvalue weighted by atomic mass is 10.2. The van der Waals surface area contributed by atoms with Crippen LogP contribution in [0.15, 0.2) is 24.3 Å². The number of benzene rings is 1. The van der Waals surface area contributed by atoms with Gasteiger partial charge < -0.3 is 15.2 Å². The molecule has 2 N–H and O–H groups in total. The zero-order chi connectivity index (χ0) is 15.7. The van der Waals surface area contributed by atoms with E-state index in [0.29, 0.717) is 13.1 Å². The lowest BCUT2D eigenvalue weighted by Crippen LogP contribution is -2.34. The van der Waals surface area contributed by atoms with Crippen LogP contribution < -0.4 is 10.1 Å². The Labute approximate surface area is 127 Å². The number of hydrogen-bond acceptors (Lipinski definition) is 5. The molecule has 0 heterocycles. The van der Waals surface area contributed by atoms with Crippen molar-refractivity contribution in [2.24, 2.45) is 0 Å². The number of ether oxygens (including phenoxy) is 1. The van der Waals surface area contributed by atoms with Crippen LogP contribution in [0.5, 0.6) is 5.75 Å². The molecule has 1 atom stereocenters. The Hall–Kier alpha value is -1.11. The lowest BCUT2D eigenvalue weighted by Gasteiger charge is -2.13. The Kier molecular flexibility index (Phi) is 7.71. The molecule has 0 aliphatic rings. The van der Waals surface area contributed by atoms with E-state index in [0.717, 1.165) is 12.2 Å². The predicted octanol–water partition coefficient (Wildman–Crippen LogP) is 1.01. The molecule has 0 spiro atoms. The van der Waals surface area contributed by atoms with Crippen molar-refractivity contribution in [2.75, 3.05) is 31.2 Å². The van der Waals surface area contributed by atoms with Crippen LogP contribution in [-0.2, 0) is 16.3 Å². The fourth-order valence-electron chi connectivity index (χ4n) is 1.75. The van der Waals surface area contributed by atoms with Gasteiger partial charge in [-0.3, -0.25) is 0 Å². The molecule has 120 valence electrons. The third kappa shape index (κ3) is 7.45. The van der Waals surface area contributed by atoms with Gasteiger partial charge in [0.05, 0.1) is 5.75 Å². The minimum atomic E-state index is -2.96. The SMILES string of the molecule is CCc1cccc(OCC(O)CNCCS(=O)(=O)CC)c1. The molecule has 6 heteroatoms. The van der Waals surface area contributed by atoms with Gasteiger partial charge in [0.15, 0.2) is 9.84 Å². The van der Waals surface area contributed by atoms with Crippen molar-refractivity contribution in [3.8, 4) is 5.75 Å². The van der Waals surface area contributed by atoms with E-state index in [9.17, 15) is 13.5 Å². The van der Waals surface area contributed by atoms with Crippen LogP contribution in [0.25, 0.3) is 0 Å². The van der Waals surface area contributed by atoms with Crippen LogP contribution in [-0.4, -0.2) is 50.8 Å². The van der Waals surface area contributed by atoms with Crippen LogP contribution in [0.1, 0.15) is 19.4 Å². The van der Waals surface area contributed by atoms with Crippen molar-refractivity contribution in [2.45, 2.75) is 26.4 Å². The van der Waals surface area contributed by atoms with Gasteiger partial charge >= 0.3 is 0 Å². The smallest absolute Gasteiger partial charge is 0.151 e. The van der Waals surface area contributed by atoms with E-state index < -0.39 is 15.9 Å². The second kappa shape index (κ2) is 9.02. The Morgan fingerprint density at radius 3 is 2.76 bits per heavy atom. The molecule has 0 saturated heterocycles. The Morgan fingerprint density at radius 1 is 1.33 bits per heavy atom. The standard InChI is InChI=1S/C15H25NO4S/c1-3-13-6-5-7-15(10-13)20-12-14(17)11-16-8-9-21(18,19)4-2/h5-7,10,14,16-17H,3-4,8-9,11-12H2,1-2H3. The zero-order valence-corrected chi connectivity index (χ0v) is 13.5. The van der Waals surface area contributed by atoms with Crippen molar-refractivity contribution < 1.29 is 18.3 Å². The van der Waals surface area contributed by atoms with Gasteiger partial charge in [-0.15, -0.1) is 0 Å². The van der Waals surface area contributed by atoms with Crippen LogP contribution in [0.4, 0.5) is 0 Å². The zero-order valence-electron chi connectivity index (χ0n) is 12.7. The number of aliphatic hydroxyl groups is 1. The maximum atomic E-state index is 11.3. The second-order valence-corrected chi connectivity index (χ2v) is 7.38. The molecule has 0 aliphatic heterocycles. The number of hydrogen-bond donors (Lipinski definition) is 2. The van der Waals surface area contributed by atoms with E-state index in [2.05, 4.69) is 12.2 Å². The fraction of sp³-hybridized carbons (Fsp3) is 0.600. The van der Waals surface area contributed by atoms with Gasteiger partial charge in [0.25, 0.3) is 0 Å². The topological polar surface area (TPSA) is 75.6 Å². The van der Waals surface area contributed by atoms with Crippen LogP contribution in [0.3, 0.4) is 0 Å². The summed E-state index contributed by atoms with van der Waals surface area (Å²) in [5, 5.41) is 12.7. The monoisotopic (exact) mass is 315 g/mol. The highest BCUT2D eigenvalue weighted by Crippen LogP contribution is 2.13. The van der Waals surface area contributed by atoms with E-state index in [4.69, 9.17) is 4.74 Å². The van der Waals surface area contributed by atoms with Gasteiger partial charge in [-0.05, 0) is 24.1 Å². The fourth-order valence-corrected chi connectivity index (χ4v) is 2.49. The largest absolute Gasteiger partial charge is 0.491 e. The molecule has 0 aliphatic carbocycles. The van der Waals surface area contributed by atoms with Gasteiger partial charge in [-0.25, -0.2) is 8.42 Å². The highest BCUT2D eigenvalue weighted by atomic mass is 32.2. The first-order valence-corrected chi connectivity index (χ1v) is 9.10. The Balaban J connectivity index is 2.23. The van der Waals surface area contributed by atoms with Gasteiger partial charge in [-0.2, -0.15) is 0 Å². The summed E-state index contributed by atoms with van der Waals surface area (Å²) in [6.07, 6.45) is 0.271. The molecule has 0 amide bonds. The normalized spacial score (nSPS) is 13.1. The van der Waals surface area contributed by atoms with E-state index in [-0.39, 0.29) is 18.1 Å². The first-order chi connectivity index (χ1) is 9.96. The molecule has 0 radical (unpaired) electrons. The molecular weight excluding hydrogens is 290 g/mol. The third-order valence-electron chi connectivity index (χ3n) is 3.16. The van der Waals surface area contributed by atoms with E-state index in [1.165, 1.54) is 5.56 Å². The van der Waals surface area contributed by atoms with Gasteiger partial charge in [0.1, 0.15) is 18.5 Å². The van der Waals surface area contributed by atoms with E-state index in [1.54, 1.807) is 6.92 Å². The predicted molar refractivity (Wildman–Crippen MR) is 84.5 cm³/mol. The maximum absolute atomic E-state index is 11.3. The number of sulfone groups is 1. The van der Waals surface area contributed by atoms with Crippen molar-refractivity contribution in [3.63, 3.8) is 0 Å². The molecule has 0 aromatic heterocycles. The highest BCUT2D eigenvalue weighted by Gasteiger charge is 2.08. The molecule has 0 saturated carbocycles. The summed E-state index contributed by atoms with van der Waals surface area (Å²) < 4.78 is 28.1. The molecule has 0 fully saturated rings. The minimum Gasteiger partial charge on any atom is -0.491 e. The van der Waals surface area contributed by atoms with Gasteiger partial charge in [0.2, 0.25) is 0 Å². The molecule has 1 unspecified atom stereocenters. The van der Waals surface area contributed by atoms with Gasteiger partial charge in [0, 0.05) is 18.8 Å². The summed E-state index contributed by atoms with van der Waals surface area (Å²) in [6, 6.07) is 7.76. The molecular formula is C15H25NO4S. The number of nitrogens with one attached hydrogen (secondary N) is 1. The Morgan fingerprint density at radius 2 is 2.10 bits per heavy atom. The number of aryl methyl sites for hydroxylation is 1. The maximum Gasteiger partial charge on any atom is 0.151 e. The molecule has 1 aromatic carbocycles. The van der Waals surface area contributed by atoms with Crippen molar-refractivity contribution >= 4 is 9.84 Å². The van der Waals surface area contributed by atoms with E-state index >= 15 is 0 Å². The molecule has 5 nitrogen and oxygen atoms in total. The summed E-state index contributed by atoms with van der Waals surface area (Å²) >= 11 is 0. The van der Waals surface area contributed by atoms with Crippen molar-refractivity contribution in [1.82, 2.24) is 5.32 Å². The molecule has 1 aromatic rings. The average molecular weight is 315 g/mol. The summed E-state index contributed by atoms with van der Waals surface area (Å²) in [6.45, 7) is 4.54. The highest BCUT2D eigenvalue weighted by molar-refractivity contribution is 7.91. The van der Waals surface area contributed by atoms with Gasteiger partial charge in [-0.1, -0.05) is 26.0 Å². The summed E-state index contributed by atoms with van der Waals surface area (Å²) in [7, 11) is -2.96. The third-order valence-corrected chi connectivity index (χ3v) is 4.86. The first kappa shape index (κ1) is 17.9. The molecule has 21 heavy (non-hydrogen) atoms.